The van der Waals surface area contributed by atoms with Crippen LogP contribution in [0, 0.1) is 5.82 Å². The van der Waals surface area contributed by atoms with E-state index < -0.39 is 29.1 Å². The first-order chi connectivity index (χ1) is 9.90. The Hall–Kier alpha value is -2.15. The number of hydrogen-bond acceptors (Lipinski definition) is 4. The molecule has 0 bridgehead atoms. The van der Waals surface area contributed by atoms with Crippen molar-refractivity contribution in [1.82, 2.24) is 0 Å². The minimum absolute atomic E-state index is 0.151. The number of anilines is 1. The molecule has 1 aromatic rings. The number of rotatable bonds is 4. The van der Waals surface area contributed by atoms with Gasteiger partial charge < -0.3 is 14.9 Å². The van der Waals surface area contributed by atoms with E-state index in [4.69, 9.17) is 9.84 Å². The lowest BCUT2D eigenvalue weighted by Gasteiger charge is -2.22. The molecule has 0 heterocycles. The van der Waals surface area contributed by atoms with Gasteiger partial charge in [-0.15, -0.1) is 0 Å². The summed E-state index contributed by atoms with van der Waals surface area (Å²) < 4.78 is 18.4. The van der Waals surface area contributed by atoms with Crippen LogP contribution in [0.25, 0.3) is 0 Å². The smallest absolute Gasteiger partial charge is 0.412 e. The van der Waals surface area contributed by atoms with E-state index >= 15 is 0 Å². The van der Waals surface area contributed by atoms with Crippen molar-refractivity contribution in [2.75, 3.05) is 5.32 Å². The second-order valence-electron chi connectivity index (χ2n) is 6.18. The molecule has 0 aromatic heterocycles. The Labute approximate surface area is 127 Å². The van der Waals surface area contributed by atoms with Crippen LogP contribution in [0.3, 0.4) is 0 Å². The zero-order valence-corrected chi connectivity index (χ0v) is 12.9. The van der Waals surface area contributed by atoms with Gasteiger partial charge in [0, 0.05) is 12.1 Å². The van der Waals surface area contributed by atoms with Crippen molar-refractivity contribution in [3.05, 3.63) is 29.6 Å². The number of hydrogen-bond donors (Lipinski definition) is 3. The summed E-state index contributed by atoms with van der Waals surface area (Å²) in [5.74, 6) is -2.05. The van der Waals surface area contributed by atoms with Crippen LogP contribution in [0.2, 0.25) is 0 Å². The molecule has 7 heteroatoms. The summed E-state index contributed by atoms with van der Waals surface area (Å²) in [4.78, 5) is 22.7. The van der Waals surface area contributed by atoms with E-state index in [1.807, 2.05) is 0 Å². The fourth-order valence-electron chi connectivity index (χ4n) is 1.69. The Bertz CT molecular complexity index is 578. The molecule has 0 spiro atoms. The van der Waals surface area contributed by atoms with Gasteiger partial charge in [-0.2, -0.15) is 0 Å². The maximum Gasteiger partial charge on any atom is 0.412 e. The third kappa shape index (κ3) is 5.33. The van der Waals surface area contributed by atoms with Gasteiger partial charge >= 0.3 is 12.1 Å². The molecule has 0 aliphatic carbocycles. The molecule has 0 aliphatic heterocycles. The second kappa shape index (κ2) is 6.31. The summed E-state index contributed by atoms with van der Waals surface area (Å²) >= 11 is 0. The van der Waals surface area contributed by atoms with Gasteiger partial charge in [-0.3, -0.25) is 5.32 Å². The number of amides is 1. The molecule has 1 atom stereocenters. The summed E-state index contributed by atoms with van der Waals surface area (Å²) in [7, 11) is 0. The topological polar surface area (TPSA) is 95.9 Å². The van der Waals surface area contributed by atoms with Gasteiger partial charge in [0.2, 0.25) is 0 Å². The van der Waals surface area contributed by atoms with Crippen LogP contribution in [0.4, 0.5) is 14.9 Å². The van der Waals surface area contributed by atoms with E-state index in [2.05, 4.69) is 5.32 Å². The lowest BCUT2D eigenvalue weighted by Crippen LogP contribution is -2.37. The van der Waals surface area contributed by atoms with Crippen molar-refractivity contribution >= 4 is 17.7 Å². The first-order valence-electron chi connectivity index (χ1n) is 6.65. The number of carbonyl (C=O) groups is 2. The van der Waals surface area contributed by atoms with Gasteiger partial charge in [-0.1, -0.05) is 0 Å². The molecule has 6 nitrogen and oxygen atoms in total. The van der Waals surface area contributed by atoms with Gasteiger partial charge in [0.15, 0.2) is 5.60 Å². The van der Waals surface area contributed by atoms with Gasteiger partial charge in [0.1, 0.15) is 11.4 Å². The number of carboxylic acid groups (broad SMARTS) is 1. The van der Waals surface area contributed by atoms with E-state index in [0.717, 1.165) is 19.1 Å². The van der Waals surface area contributed by atoms with Crippen molar-refractivity contribution < 1.29 is 28.9 Å². The van der Waals surface area contributed by atoms with E-state index in [1.54, 1.807) is 20.8 Å². The summed E-state index contributed by atoms with van der Waals surface area (Å²) in [6.45, 7) is 6.16. The first kappa shape index (κ1) is 17.9. The van der Waals surface area contributed by atoms with E-state index in [9.17, 15) is 19.1 Å². The molecule has 22 heavy (non-hydrogen) atoms. The first-order valence-corrected chi connectivity index (χ1v) is 6.65. The van der Waals surface area contributed by atoms with Gasteiger partial charge in [0.25, 0.3) is 0 Å². The number of carboxylic acids is 1. The monoisotopic (exact) mass is 313 g/mol. The highest BCUT2D eigenvalue weighted by Crippen LogP contribution is 2.23. The number of carbonyl (C=O) groups excluding carboxylic acids is 1. The standard InChI is InChI=1S/C15H20FNO5/c1-14(2,3)22-13(20)17-11-6-5-10(16)7-9(11)8-15(4,21)12(18)19/h5-7,21H,8H2,1-4H3,(H,17,20)(H,18,19). The number of aliphatic hydroxyl groups is 1. The van der Waals surface area contributed by atoms with Crippen molar-refractivity contribution in [3.8, 4) is 0 Å². The zero-order valence-electron chi connectivity index (χ0n) is 12.9. The van der Waals surface area contributed by atoms with Crippen LogP contribution < -0.4 is 5.32 Å². The molecule has 1 rings (SSSR count). The number of benzene rings is 1. The molecule has 1 aromatic carbocycles. The highest BCUT2D eigenvalue weighted by Gasteiger charge is 2.31. The van der Waals surface area contributed by atoms with Crippen LogP contribution in [0.15, 0.2) is 18.2 Å². The Morgan fingerprint density at radius 1 is 1.27 bits per heavy atom. The summed E-state index contributed by atoms with van der Waals surface area (Å²) in [6, 6.07) is 3.46. The molecule has 122 valence electrons. The summed E-state index contributed by atoms with van der Waals surface area (Å²) in [6.07, 6.45) is -1.12. The maximum absolute atomic E-state index is 13.4. The number of aliphatic carboxylic acids is 1. The Kier molecular flexibility index (Phi) is 5.13. The van der Waals surface area contributed by atoms with Gasteiger partial charge in [-0.05, 0) is 51.5 Å². The van der Waals surface area contributed by atoms with Crippen LogP contribution in [0.1, 0.15) is 33.3 Å². The molecule has 0 saturated heterocycles. The summed E-state index contributed by atoms with van der Waals surface area (Å²) in [5, 5.41) is 21.2. The highest BCUT2D eigenvalue weighted by molar-refractivity contribution is 5.86. The van der Waals surface area contributed by atoms with Crippen molar-refractivity contribution in [2.24, 2.45) is 0 Å². The Morgan fingerprint density at radius 3 is 2.36 bits per heavy atom. The molecular formula is C15H20FNO5. The normalized spacial score (nSPS) is 14.1. The minimum Gasteiger partial charge on any atom is -0.479 e. The highest BCUT2D eigenvalue weighted by atomic mass is 19.1. The van der Waals surface area contributed by atoms with Crippen molar-refractivity contribution in [2.45, 2.75) is 45.3 Å². The molecule has 0 aliphatic rings. The van der Waals surface area contributed by atoms with Gasteiger partial charge in [0.05, 0.1) is 0 Å². The minimum atomic E-state index is -2.09. The fraction of sp³-hybridized carbons (Fsp3) is 0.467. The van der Waals surface area contributed by atoms with Crippen molar-refractivity contribution in [3.63, 3.8) is 0 Å². The number of nitrogens with one attached hydrogen (secondary N) is 1. The molecule has 0 fully saturated rings. The summed E-state index contributed by atoms with van der Waals surface area (Å²) in [5.41, 5.74) is -2.47. The SMILES string of the molecule is CC(C)(C)OC(=O)Nc1ccc(F)cc1CC(C)(O)C(=O)O. The van der Waals surface area contributed by atoms with E-state index in [1.165, 1.54) is 6.07 Å². The quantitative estimate of drug-likeness (QED) is 0.794. The van der Waals surface area contributed by atoms with E-state index in [0.29, 0.717) is 0 Å². The molecule has 1 amide bonds. The van der Waals surface area contributed by atoms with Crippen LogP contribution in [0.5, 0.6) is 0 Å². The molecule has 0 saturated carbocycles. The van der Waals surface area contributed by atoms with E-state index in [-0.39, 0.29) is 17.7 Å². The molecule has 1 unspecified atom stereocenters. The molecular weight excluding hydrogens is 293 g/mol. The third-order valence-electron chi connectivity index (χ3n) is 2.70. The predicted octanol–water partition coefficient (Wildman–Crippen LogP) is 2.55. The second-order valence-corrected chi connectivity index (χ2v) is 6.18. The zero-order chi connectivity index (χ0) is 17.1. The molecule has 0 radical (unpaired) electrons. The van der Waals surface area contributed by atoms with Crippen LogP contribution >= 0.6 is 0 Å². The number of ether oxygens (including phenoxy) is 1. The Balaban J connectivity index is 3.01. The average Bonchev–Trinajstić information content (AvgIpc) is 2.29. The average molecular weight is 313 g/mol. The van der Waals surface area contributed by atoms with Crippen LogP contribution in [-0.4, -0.2) is 33.5 Å². The lowest BCUT2D eigenvalue weighted by atomic mass is 9.95. The maximum atomic E-state index is 13.4. The Morgan fingerprint density at radius 2 is 1.86 bits per heavy atom. The lowest BCUT2D eigenvalue weighted by molar-refractivity contribution is -0.156. The largest absolute Gasteiger partial charge is 0.479 e. The number of halogens is 1. The third-order valence-corrected chi connectivity index (χ3v) is 2.70. The van der Waals surface area contributed by atoms with Crippen molar-refractivity contribution in [1.29, 1.82) is 0 Å². The molecule has 3 N–H and O–H groups in total. The van der Waals surface area contributed by atoms with Crippen LogP contribution in [-0.2, 0) is 16.0 Å². The fourth-order valence-corrected chi connectivity index (χ4v) is 1.69. The predicted molar refractivity (Wildman–Crippen MR) is 78.2 cm³/mol. The van der Waals surface area contributed by atoms with Gasteiger partial charge in [-0.25, -0.2) is 14.0 Å².